The number of aliphatic hydroxyl groups excluding tert-OH is 1. The van der Waals surface area contributed by atoms with E-state index in [2.05, 4.69) is 9.72 Å². The molecule has 0 aliphatic heterocycles. The standard InChI is InChI=1S/C16H17F3N2O3/c1-9-12(5-11(6-20)13(8-22)15(9)23-2)10-3-4-14(21-7-10)24-16(17,18)19/h3-5,7,22H,6,8,20H2,1-2H3. The minimum atomic E-state index is -4.79. The number of nitrogens with zero attached hydrogens (tertiary/aromatic N) is 1. The van der Waals surface area contributed by atoms with Gasteiger partial charge in [-0.3, -0.25) is 0 Å². The van der Waals surface area contributed by atoms with Crippen LogP contribution in [-0.2, 0) is 13.2 Å². The molecule has 0 aliphatic carbocycles. The number of aromatic nitrogens is 1. The van der Waals surface area contributed by atoms with Gasteiger partial charge in [-0.15, -0.1) is 13.2 Å². The summed E-state index contributed by atoms with van der Waals surface area (Å²) in [5.41, 5.74) is 9.00. The van der Waals surface area contributed by atoms with E-state index in [9.17, 15) is 18.3 Å². The molecule has 0 radical (unpaired) electrons. The lowest BCUT2D eigenvalue weighted by Crippen LogP contribution is -2.17. The topological polar surface area (TPSA) is 77.6 Å². The number of ether oxygens (including phenoxy) is 2. The molecule has 3 N–H and O–H groups in total. The highest BCUT2D eigenvalue weighted by Gasteiger charge is 2.31. The number of methoxy groups -OCH3 is 1. The van der Waals surface area contributed by atoms with Crippen LogP contribution < -0.4 is 15.2 Å². The van der Waals surface area contributed by atoms with Crippen LogP contribution in [0.3, 0.4) is 0 Å². The molecule has 8 heteroatoms. The summed E-state index contributed by atoms with van der Waals surface area (Å²) >= 11 is 0. The van der Waals surface area contributed by atoms with E-state index < -0.39 is 12.2 Å². The lowest BCUT2D eigenvalue weighted by Gasteiger charge is -2.18. The Kier molecular flexibility index (Phi) is 5.30. The fourth-order valence-electron chi connectivity index (χ4n) is 2.51. The molecule has 0 saturated carbocycles. The van der Waals surface area contributed by atoms with Crippen molar-refractivity contribution >= 4 is 0 Å². The number of aliphatic hydroxyl groups is 1. The van der Waals surface area contributed by atoms with Crippen molar-refractivity contribution in [3.8, 4) is 22.8 Å². The second-order valence-corrected chi connectivity index (χ2v) is 5.02. The van der Waals surface area contributed by atoms with Crippen molar-refractivity contribution in [2.24, 2.45) is 5.73 Å². The molecule has 2 aromatic rings. The molecule has 1 heterocycles. The number of benzene rings is 1. The van der Waals surface area contributed by atoms with Crippen LogP contribution in [0.15, 0.2) is 24.4 Å². The van der Waals surface area contributed by atoms with Gasteiger partial charge >= 0.3 is 6.36 Å². The van der Waals surface area contributed by atoms with Crippen LogP contribution in [0.25, 0.3) is 11.1 Å². The van der Waals surface area contributed by atoms with Crippen molar-refractivity contribution in [3.63, 3.8) is 0 Å². The molecule has 0 saturated heterocycles. The van der Waals surface area contributed by atoms with Crippen molar-refractivity contribution < 1.29 is 27.8 Å². The summed E-state index contributed by atoms with van der Waals surface area (Å²) in [4.78, 5) is 3.67. The molecule has 0 amide bonds. The molecule has 0 atom stereocenters. The number of pyridine rings is 1. The van der Waals surface area contributed by atoms with Crippen LogP contribution in [0.5, 0.6) is 11.6 Å². The van der Waals surface area contributed by atoms with Gasteiger partial charge in [0.05, 0.1) is 13.7 Å². The van der Waals surface area contributed by atoms with Crippen LogP contribution in [-0.4, -0.2) is 23.6 Å². The van der Waals surface area contributed by atoms with E-state index in [0.29, 0.717) is 28.0 Å². The van der Waals surface area contributed by atoms with Crippen molar-refractivity contribution in [1.29, 1.82) is 0 Å². The van der Waals surface area contributed by atoms with Gasteiger partial charge in [-0.25, -0.2) is 4.98 Å². The van der Waals surface area contributed by atoms with Crippen LogP contribution in [0.2, 0.25) is 0 Å². The highest BCUT2D eigenvalue weighted by molar-refractivity contribution is 5.72. The predicted molar refractivity (Wildman–Crippen MR) is 81.5 cm³/mol. The van der Waals surface area contributed by atoms with Gasteiger partial charge in [0.2, 0.25) is 5.88 Å². The maximum atomic E-state index is 12.2. The fraction of sp³-hybridized carbons (Fsp3) is 0.312. The van der Waals surface area contributed by atoms with Crippen molar-refractivity contribution in [3.05, 3.63) is 41.1 Å². The summed E-state index contributed by atoms with van der Waals surface area (Å²) in [6.45, 7) is 1.74. The van der Waals surface area contributed by atoms with E-state index in [1.165, 1.54) is 19.4 Å². The second-order valence-electron chi connectivity index (χ2n) is 5.02. The first kappa shape index (κ1) is 18.0. The molecular weight excluding hydrogens is 325 g/mol. The number of rotatable bonds is 5. The summed E-state index contributed by atoms with van der Waals surface area (Å²) in [5, 5.41) is 9.52. The molecule has 0 unspecified atom stereocenters. The molecule has 1 aromatic carbocycles. The lowest BCUT2D eigenvalue weighted by molar-refractivity contribution is -0.276. The third kappa shape index (κ3) is 3.77. The number of halogens is 3. The molecule has 0 fully saturated rings. The van der Waals surface area contributed by atoms with E-state index in [1.54, 1.807) is 13.0 Å². The van der Waals surface area contributed by atoms with Gasteiger partial charge in [0.15, 0.2) is 0 Å². The van der Waals surface area contributed by atoms with Gasteiger partial charge in [-0.2, -0.15) is 0 Å². The Morgan fingerprint density at radius 2 is 2.00 bits per heavy atom. The molecule has 24 heavy (non-hydrogen) atoms. The van der Waals surface area contributed by atoms with Crippen molar-refractivity contribution in [2.45, 2.75) is 26.4 Å². The average Bonchev–Trinajstić information content (AvgIpc) is 2.53. The summed E-state index contributed by atoms with van der Waals surface area (Å²) in [6, 6.07) is 4.37. The van der Waals surface area contributed by atoms with Crippen molar-refractivity contribution in [2.75, 3.05) is 7.11 Å². The first-order chi connectivity index (χ1) is 11.3. The van der Waals surface area contributed by atoms with Gasteiger partial charge in [-0.05, 0) is 35.7 Å². The molecule has 1 aromatic heterocycles. The quantitative estimate of drug-likeness (QED) is 0.874. The average molecular weight is 342 g/mol. The second kappa shape index (κ2) is 7.06. The third-order valence-electron chi connectivity index (χ3n) is 3.57. The Balaban J connectivity index is 2.48. The molecule has 2 rings (SSSR count). The third-order valence-corrected chi connectivity index (χ3v) is 3.57. The number of hydrogen-bond acceptors (Lipinski definition) is 5. The van der Waals surface area contributed by atoms with Gasteiger partial charge in [-0.1, -0.05) is 0 Å². The maximum Gasteiger partial charge on any atom is 0.574 e. The van der Waals surface area contributed by atoms with E-state index in [1.807, 2.05) is 0 Å². The smallest absolute Gasteiger partial charge is 0.496 e. The number of nitrogens with two attached hydrogens (primary N) is 1. The van der Waals surface area contributed by atoms with Gasteiger partial charge < -0.3 is 20.3 Å². The maximum absolute atomic E-state index is 12.2. The highest BCUT2D eigenvalue weighted by atomic mass is 19.4. The van der Waals surface area contributed by atoms with Crippen LogP contribution in [0.1, 0.15) is 16.7 Å². The molecule has 5 nitrogen and oxygen atoms in total. The molecular formula is C16H17F3N2O3. The Morgan fingerprint density at radius 1 is 1.29 bits per heavy atom. The Labute approximate surface area is 136 Å². The Morgan fingerprint density at radius 3 is 2.46 bits per heavy atom. The fourth-order valence-corrected chi connectivity index (χ4v) is 2.51. The van der Waals surface area contributed by atoms with Crippen LogP contribution in [0.4, 0.5) is 13.2 Å². The number of alkyl halides is 3. The van der Waals surface area contributed by atoms with Crippen LogP contribution >= 0.6 is 0 Å². The van der Waals surface area contributed by atoms with Gasteiger partial charge in [0, 0.05) is 29.9 Å². The van der Waals surface area contributed by atoms with E-state index in [4.69, 9.17) is 10.5 Å². The van der Waals surface area contributed by atoms with Gasteiger partial charge in [0.25, 0.3) is 0 Å². The highest BCUT2D eigenvalue weighted by Crippen LogP contribution is 2.36. The van der Waals surface area contributed by atoms with Crippen LogP contribution in [0, 0.1) is 6.92 Å². The summed E-state index contributed by atoms with van der Waals surface area (Å²) in [6.07, 6.45) is -3.51. The zero-order valence-corrected chi connectivity index (χ0v) is 13.1. The molecule has 0 aliphatic rings. The Hall–Kier alpha value is -2.32. The van der Waals surface area contributed by atoms with Gasteiger partial charge in [0.1, 0.15) is 5.75 Å². The van der Waals surface area contributed by atoms with E-state index >= 15 is 0 Å². The van der Waals surface area contributed by atoms with Crippen molar-refractivity contribution in [1.82, 2.24) is 4.98 Å². The summed E-state index contributed by atoms with van der Waals surface area (Å²) in [5.74, 6) is -0.0482. The Bertz CT molecular complexity index is 716. The summed E-state index contributed by atoms with van der Waals surface area (Å²) in [7, 11) is 1.48. The first-order valence-corrected chi connectivity index (χ1v) is 7.03. The monoisotopic (exact) mass is 342 g/mol. The first-order valence-electron chi connectivity index (χ1n) is 7.03. The van der Waals surface area contributed by atoms with E-state index in [0.717, 1.165) is 11.6 Å². The predicted octanol–water partition coefficient (Wildman–Crippen LogP) is 2.92. The minimum absolute atomic E-state index is 0.183. The SMILES string of the molecule is COc1c(C)c(-c2ccc(OC(F)(F)F)nc2)cc(CN)c1CO. The number of hydrogen-bond donors (Lipinski definition) is 2. The largest absolute Gasteiger partial charge is 0.574 e. The normalized spacial score (nSPS) is 11.5. The molecule has 130 valence electrons. The minimum Gasteiger partial charge on any atom is -0.496 e. The molecule has 0 bridgehead atoms. The lowest BCUT2D eigenvalue weighted by atomic mass is 9.94. The summed E-state index contributed by atoms with van der Waals surface area (Å²) < 4.78 is 45.7. The van der Waals surface area contributed by atoms with E-state index in [-0.39, 0.29) is 13.2 Å². The zero-order valence-electron chi connectivity index (χ0n) is 13.1. The molecule has 0 spiro atoms. The zero-order chi connectivity index (χ0) is 17.9.